The highest BCUT2D eigenvalue weighted by atomic mass is 16.2. The van der Waals surface area contributed by atoms with Crippen LogP contribution in [0.25, 0.3) is 0 Å². The predicted molar refractivity (Wildman–Crippen MR) is 118 cm³/mol. The van der Waals surface area contributed by atoms with E-state index in [2.05, 4.69) is 17.3 Å². The molecule has 2 heterocycles. The zero-order valence-corrected chi connectivity index (χ0v) is 17.9. The Morgan fingerprint density at radius 2 is 1.83 bits per heavy atom. The molecule has 0 aliphatic carbocycles. The number of carbonyl (C=O) groups excluding carboxylic acids is 2. The minimum atomic E-state index is -0.470. The lowest BCUT2D eigenvalue weighted by molar-refractivity contribution is 0.0961. The van der Waals surface area contributed by atoms with Gasteiger partial charge in [-0.2, -0.15) is 0 Å². The summed E-state index contributed by atoms with van der Waals surface area (Å²) in [6.45, 7) is 2.57. The van der Waals surface area contributed by atoms with Crippen LogP contribution in [-0.4, -0.2) is 48.3 Å². The van der Waals surface area contributed by atoms with Gasteiger partial charge in [0.25, 0.3) is 11.5 Å². The summed E-state index contributed by atoms with van der Waals surface area (Å²) < 4.78 is 1.46. The minimum absolute atomic E-state index is 0.00889. The van der Waals surface area contributed by atoms with E-state index in [9.17, 15) is 14.4 Å². The van der Waals surface area contributed by atoms with Crippen LogP contribution in [0.3, 0.4) is 0 Å². The van der Waals surface area contributed by atoms with Gasteiger partial charge in [0, 0.05) is 25.2 Å². The van der Waals surface area contributed by atoms with Gasteiger partial charge >= 0.3 is 0 Å². The Kier molecular flexibility index (Phi) is 7.57. The lowest BCUT2D eigenvalue weighted by Crippen LogP contribution is -2.32. The number of hydrogen-bond acceptors (Lipinski definition) is 4. The zero-order valence-electron chi connectivity index (χ0n) is 17.9. The van der Waals surface area contributed by atoms with Crippen LogP contribution in [0.15, 0.2) is 47.4 Å². The predicted octanol–water partition coefficient (Wildman–Crippen LogP) is 2.95. The second-order valence-electron chi connectivity index (χ2n) is 8.20. The van der Waals surface area contributed by atoms with Gasteiger partial charge in [-0.3, -0.25) is 14.4 Å². The van der Waals surface area contributed by atoms with Crippen molar-refractivity contribution in [3.05, 3.63) is 69.6 Å². The minimum Gasteiger partial charge on any atom is -0.355 e. The molecule has 0 radical (unpaired) electrons. The van der Waals surface area contributed by atoms with Crippen LogP contribution >= 0.6 is 0 Å². The number of ketones is 1. The van der Waals surface area contributed by atoms with Crippen LogP contribution in [0.4, 0.5) is 0 Å². The topological polar surface area (TPSA) is 71.4 Å². The van der Waals surface area contributed by atoms with Gasteiger partial charge in [0.1, 0.15) is 5.56 Å². The van der Waals surface area contributed by atoms with Crippen LogP contribution in [0, 0.1) is 5.92 Å². The van der Waals surface area contributed by atoms with Crippen LogP contribution in [0.1, 0.15) is 58.4 Å². The molecule has 1 aliphatic rings. The van der Waals surface area contributed by atoms with Gasteiger partial charge in [0.05, 0.1) is 6.54 Å². The molecule has 6 nitrogen and oxygen atoms in total. The molecule has 30 heavy (non-hydrogen) atoms. The maximum absolute atomic E-state index is 12.9. The number of rotatable bonds is 8. The van der Waals surface area contributed by atoms with Gasteiger partial charge in [-0.25, -0.2) is 0 Å². The fraction of sp³-hybridized carbons (Fsp3) is 0.458. The van der Waals surface area contributed by atoms with Crippen molar-refractivity contribution in [3.63, 3.8) is 0 Å². The van der Waals surface area contributed by atoms with Gasteiger partial charge in [-0.15, -0.1) is 0 Å². The van der Waals surface area contributed by atoms with Crippen LogP contribution in [0.2, 0.25) is 0 Å². The van der Waals surface area contributed by atoms with Gasteiger partial charge in [0.15, 0.2) is 5.78 Å². The molecule has 2 aromatic rings. The summed E-state index contributed by atoms with van der Waals surface area (Å²) >= 11 is 0. The van der Waals surface area contributed by atoms with Crippen molar-refractivity contribution >= 4 is 11.7 Å². The molecule has 1 aliphatic heterocycles. The Balaban J connectivity index is 1.73. The zero-order chi connectivity index (χ0) is 21.5. The maximum Gasteiger partial charge on any atom is 0.263 e. The molecule has 6 heteroatoms. The summed E-state index contributed by atoms with van der Waals surface area (Å²) in [5, 5.41) is 2.50. The van der Waals surface area contributed by atoms with Gasteiger partial charge < -0.3 is 14.8 Å². The number of aromatic nitrogens is 1. The Morgan fingerprint density at radius 3 is 2.50 bits per heavy atom. The quantitative estimate of drug-likeness (QED) is 0.681. The van der Waals surface area contributed by atoms with Crippen molar-refractivity contribution < 1.29 is 9.59 Å². The molecule has 3 rings (SSSR count). The number of nitrogens with zero attached hydrogens (tertiary/aromatic N) is 2. The first-order valence-corrected chi connectivity index (χ1v) is 10.7. The molecule has 1 saturated heterocycles. The third-order valence-electron chi connectivity index (χ3n) is 5.93. The van der Waals surface area contributed by atoms with Crippen molar-refractivity contribution in [1.29, 1.82) is 0 Å². The highest BCUT2D eigenvalue weighted by molar-refractivity contribution is 6.00. The van der Waals surface area contributed by atoms with Crippen LogP contribution in [0.5, 0.6) is 0 Å². The molecule has 0 bridgehead atoms. The fourth-order valence-electron chi connectivity index (χ4n) is 4.03. The second-order valence-corrected chi connectivity index (χ2v) is 8.20. The summed E-state index contributed by atoms with van der Waals surface area (Å²) in [6.07, 6.45) is 6.29. The number of amides is 1. The van der Waals surface area contributed by atoms with E-state index in [0.717, 1.165) is 31.5 Å². The molecule has 1 amide bonds. The largest absolute Gasteiger partial charge is 0.355 e. The van der Waals surface area contributed by atoms with Gasteiger partial charge in [-0.1, -0.05) is 30.3 Å². The molecule has 1 N–H and O–H groups in total. The van der Waals surface area contributed by atoms with E-state index >= 15 is 0 Å². The molecule has 160 valence electrons. The number of hydrogen-bond donors (Lipinski definition) is 1. The lowest BCUT2D eigenvalue weighted by atomic mass is 9.91. The number of nitrogens with one attached hydrogen (secondary N) is 1. The first-order chi connectivity index (χ1) is 14.5. The highest BCUT2D eigenvalue weighted by Gasteiger charge is 2.19. The lowest BCUT2D eigenvalue weighted by Gasteiger charge is -2.28. The summed E-state index contributed by atoms with van der Waals surface area (Å²) in [6, 6.07) is 11.0. The van der Waals surface area contributed by atoms with E-state index in [1.165, 1.54) is 30.5 Å². The van der Waals surface area contributed by atoms with Crippen molar-refractivity contribution in [2.45, 2.75) is 38.6 Å². The van der Waals surface area contributed by atoms with E-state index in [0.29, 0.717) is 24.4 Å². The average Bonchev–Trinajstić information content (AvgIpc) is 2.76. The van der Waals surface area contributed by atoms with E-state index in [-0.39, 0.29) is 16.9 Å². The van der Waals surface area contributed by atoms with Crippen LogP contribution in [-0.2, 0) is 6.54 Å². The number of Topliss-reactive ketones (excluding diaryl/α,β-unsaturated/α-hetero) is 1. The Hall–Kier alpha value is -2.73. The van der Waals surface area contributed by atoms with E-state index < -0.39 is 5.91 Å². The van der Waals surface area contributed by atoms with E-state index in [4.69, 9.17) is 0 Å². The number of likely N-dealkylation sites (tertiary alicyclic amines) is 1. The maximum atomic E-state index is 12.9. The second kappa shape index (κ2) is 10.3. The molecule has 0 saturated carbocycles. The van der Waals surface area contributed by atoms with E-state index in [1.54, 1.807) is 6.20 Å². The van der Waals surface area contributed by atoms with Gasteiger partial charge in [-0.05, 0) is 63.4 Å². The molecule has 0 atom stereocenters. The third-order valence-corrected chi connectivity index (χ3v) is 5.93. The Bertz CT molecular complexity index is 928. The summed E-state index contributed by atoms with van der Waals surface area (Å²) in [5.74, 6) is 0.195. The Morgan fingerprint density at radius 1 is 1.13 bits per heavy atom. The SMILES string of the molecule is CNC(=O)c1cc(C(=O)CCCC2CCN(C)CC2)cn(Cc2ccccc2)c1=O. The molecule has 1 fully saturated rings. The monoisotopic (exact) mass is 409 g/mol. The molecule has 1 aromatic carbocycles. The fourth-order valence-corrected chi connectivity index (χ4v) is 4.03. The normalized spacial score (nSPS) is 15.1. The van der Waals surface area contributed by atoms with E-state index in [1.807, 2.05) is 30.3 Å². The molecular weight excluding hydrogens is 378 g/mol. The standard InChI is InChI=1S/C24H31N3O3/c1-25-23(29)21-15-20(17-27(24(21)30)16-19-7-4-3-5-8-19)22(28)10-6-9-18-11-13-26(2)14-12-18/h3-5,7-8,15,17-18H,6,9-14,16H2,1-2H3,(H,25,29). The van der Waals surface area contributed by atoms with Crippen molar-refractivity contribution in [3.8, 4) is 0 Å². The van der Waals surface area contributed by atoms with Crippen molar-refractivity contribution in [1.82, 2.24) is 14.8 Å². The number of piperidine rings is 1. The number of pyridine rings is 1. The molecule has 0 spiro atoms. The number of carbonyl (C=O) groups is 2. The van der Waals surface area contributed by atoms with Gasteiger partial charge in [0.2, 0.25) is 0 Å². The average molecular weight is 410 g/mol. The summed E-state index contributed by atoms with van der Waals surface area (Å²) in [4.78, 5) is 40.2. The third kappa shape index (κ3) is 5.66. The first-order valence-electron chi connectivity index (χ1n) is 10.7. The summed E-state index contributed by atoms with van der Waals surface area (Å²) in [5.41, 5.74) is 0.984. The number of benzene rings is 1. The van der Waals surface area contributed by atoms with Crippen molar-refractivity contribution in [2.24, 2.45) is 5.92 Å². The van der Waals surface area contributed by atoms with Crippen molar-refractivity contribution in [2.75, 3.05) is 27.2 Å². The van der Waals surface area contributed by atoms with Crippen LogP contribution < -0.4 is 10.9 Å². The highest BCUT2D eigenvalue weighted by Crippen LogP contribution is 2.22. The molecule has 0 unspecified atom stereocenters. The molecular formula is C24H31N3O3. The first kappa shape index (κ1) is 22.0. The summed E-state index contributed by atoms with van der Waals surface area (Å²) in [7, 11) is 3.63. The smallest absolute Gasteiger partial charge is 0.263 e. The molecule has 1 aromatic heterocycles. The Labute approximate surface area is 177 Å².